The van der Waals surface area contributed by atoms with Gasteiger partial charge in [0.1, 0.15) is 0 Å². The molecule has 0 heterocycles. The summed E-state index contributed by atoms with van der Waals surface area (Å²) >= 11 is 0. The van der Waals surface area contributed by atoms with Crippen LogP contribution in [0.3, 0.4) is 0 Å². The lowest BCUT2D eigenvalue weighted by Crippen LogP contribution is -1.90. The molecule has 0 aliphatic rings. The van der Waals surface area contributed by atoms with E-state index in [-0.39, 0.29) is 9.76 Å². The third kappa shape index (κ3) is 12.2. The van der Waals surface area contributed by atoms with Gasteiger partial charge in [-0.2, -0.15) is 4.21 Å². The van der Waals surface area contributed by atoms with Crippen LogP contribution in [0, 0.1) is 0 Å². The van der Waals surface area contributed by atoms with Gasteiger partial charge in [-0.05, 0) is 6.04 Å². The van der Waals surface area contributed by atoms with Crippen molar-refractivity contribution in [3.8, 4) is 0 Å². The van der Waals surface area contributed by atoms with Crippen molar-refractivity contribution in [1.29, 1.82) is 0 Å². The van der Waals surface area contributed by atoms with Crippen LogP contribution in [-0.4, -0.2) is 14.7 Å². The second-order valence-corrected chi connectivity index (χ2v) is 4.99. The van der Waals surface area contributed by atoms with Crippen molar-refractivity contribution >= 4 is 18.0 Å². The average Bonchev–Trinajstić information content (AvgIpc) is 2.09. The van der Waals surface area contributed by atoms with Crippen LogP contribution < -0.4 is 0 Å². The van der Waals surface area contributed by atoms with Crippen LogP contribution in [0.4, 0.5) is 0 Å². The highest BCUT2D eigenvalue weighted by atomic mass is 31.1. The molecule has 0 saturated carbocycles. The van der Waals surface area contributed by atoms with E-state index < -0.39 is 8.25 Å². The van der Waals surface area contributed by atoms with E-state index in [0.717, 1.165) is 12.5 Å². The Bertz CT molecular complexity index is 133. The van der Waals surface area contributed by atoms with Gasteiger partial charge in [-0.1, -0.05) is 45.4 Å². The molecular weight excluding hydrogens is 203 g/mol. The van der Waals surface area contributed by atoms with Crippen molar-refractivity contribution in [3.05, 3.63) is 0 Å². The Balaban J connectivity index is 2.87. The molecule has 76 valence electrons. The van der Waals surface area contributed by atoms with E-state index in [0.29, 0.717) is 0 Å². The Morgan fingerprint density at radius 3 is 2.46 bits per heavy atom. The molecule has 0 aromatic rings. The van der Waals surface area contributed by atoms with E-state index in [1.807, 2.05) is 0 Å². The summed E-state index contributed by atoms with van der Waals surface area (Å²) in [5.41, 5.74) is 0. The Morgan fingerprint density at radius 2 is 1.85 bits per heavy atom. The van der Waals surface area contributed by atoms with Crippen molar-refractivity contribution in [2.75, 3.05) is 0 Å². The maximum Gasteiger partial charge on any atom is 0.682 e. The van der Waals surface area contributed by atoms with Crippen LogP contribution in [0.2, 0.25) is 6.04 Å². The molecule has 5 heteroatoms. The zero-order chi connectivity index (χ0) is 9.94. The highest BCUT2D eigenvalue weighted by Crippen LogP contribution is 2.14. The monoisotopic (exact) mass is 221 g/mol. The molecule has 0 aromatic heterocycles. The van der Waals surface area contributed by atoms with Gasteiger partial charge in [0.2, 0.25) is 0 Å². The van der Waals surface area contributed by atoms with Crippen molar-refractivity contribution in [3.63, 3.8) is 0 Å². The predicted molar refractivity (Wildman–Crippen MR) is 54.8 cm³/mol. The lowest BCUT2D eigenvalue weighted by Gasteiger charge is -1.97. The van der Waals surface area contributed by atoms with Crippen molar-refractivity contribution in [2.24, 2.45) is 0 Å². The van der Waals surface area contributed by atoms with Crippen LogP contribution in [0.15, 0.2) is 0 Å². The first kappa shape index (κ1) is 13.2. The zero-order valence-corrected chi connectivity index (χ0v) is 10.1. The van der Waals surface area contributed by atoms with Gasteiger partial charge in [-0.3, -0.25) is 0 Å². The Hall–Kier alpha value is 0.237. The van der Waals surface area contributed by atoms with Gasteiger partial charge in [0.25, 0.3) is 0 Å². The summed E-state index contributed by atoms with van der Waals surface area (Å²) < 4.78 is 14.7. The van der Waals surface area contributed by atoms with E-state index in [1.54, 1.807) is 0 Å². The summed E-state index contributed by atoms with van der Waals surface area (Å²) in [6, 6.07) is 0.924. The summed E-state index contributed by atoms with van der Waals surface area (Å²) in [4.78, 5) is 8.32. The van der Waals surface area contributed by atoms with Gasteiger partial charge in [-0.25, -0.2) is 0 Å². The molecular formula is C8H18O3PSi+. The largest absolute Gasteiger partial charge is 0.682 e. The molecule has 0 rings (SSSR count). The maximum absolute atomic E-state index is 10.1. The maximum atomic E-state index is 10.1. The first-order valence-electron chi connectivity index (χ1n) is 4.83. The third-order valence-electron chi connectivity index (χ3n) is 1.78. The molecule has 0 aliphatic carbocycles. The number of hydrogen-bond donors (Lipinski definition) is 1. The van der Waals surface area contributed by atoms with Crippen molar-refractivity contribution in [2.45, 2.75) is 51.5 Å². The van der Waals surface area contributed by atoms with E-state index >= 15 is 0 Å². The minimum Gasteiger partial charge on any atom is -0.176 e. The molecule has 1 atom stereocenters. The summed E-state index contributed by atoms with van der Waals surface area (Å²) in [5.74, 6) is 0. The molecule has 0 spiro atoms. The summed E-state index contributed by atoms with van der Waals surface area (Å²) in [6.45, 7) is 2.20. The number of rotatable bonds is 9. The zero-order valence-electron chi connectivity index (χ0n) is 8.16. The third-order valence-corrected chi connectivity index (χ3v) is 3.47. The van der Waals surface area contributed by atoms with Gasteiger partial charge in [0.15, 0.2) is 0 Å². The smallest absolute Gasteiger partial charge is 0.176 e. The van der Waals surface area contributed by atoms with E-state index in [9.17, 15) is 4.57 Å². The lowest BCUT2D eigenvalue weighted by molar-refractivity contribution is 0.418. The standard InChI is InChI=1S/C8H17O3PSi/c1-2-3-4-5-6-7-8-13-11-12(9)10/h2-8H2,1H3/p+1. The number of unbranched alkanes of at least 4 members (excludes halogenated alkanes) is 5. The van der Waals surface area contributed by atoms with Crippen molar-refractivity contribution in [1.82, 2.24) is 0 Å². The van der Waals surface area contributed by atoms with E-state index in [1.165, 1.54) is 32.1 Å². The fraction of sp³-hybridized carbons (Fsp3) is 1.00. The fourth-order valence-electron chi connectivity index (χ4n) is 1.08. The minimum absolute atomic E-state index is 0.191. The van der Waals surface area contributed by atoms with Crippen LogP contribution in [0.25, 0.3) is 0 Å². The van der Waals surface area contributed by atoms with Gasteiger partial charge < -0.3 is 0 Å². The predicted octanol–water partition coefficient (Wildman–Crippen LogP) is 3.05. The molecule has 2 radical (unpaired) electrons. The molecule has 1 unspecified atom stereocenters. The average molecular weight is 221 g/mol. The highest BCUT2D eigenvalue weighted by Gasteiger charge is 2.11. The topological polar surface area (TPSA) is 46.5 Å². The van der Waals surface area contributed by atoms with Crippen LogP contribution in [0.1, 0.15) is 45.4 Å². The summed E-state index contributed by atoms with van der Waals surface area (Å²) in [6.07, 6.45) is 7.53. The molecule has 0 aromatic carbocycles. The Kier molecular flexibility index (Phi) is 10.5. The molecule has 13 heavy (non-hydrogen) atoms. The first-order chi connectivity index (χ1) is 6.27. The number of hydrogen-bond acceptors (Lipinski definition) is 2. The summed E-state index contributed by atoms with van der Waals surface area (Å²) in [7, 11) is -2.18. The quantitative estimate of drug-likeness (QED) is 0.370. The van der Waals surface area contributed by atoms with E-state index in [2.05, 4.69) is 11.1 Å². The summed E-state index contributed by atoms with van der Waals surface area (Å²) in [5, 5.41) is 0. The van der Waals surface area contributed by atoms with Gasteiger partial charge >= 0.3 is 18.0 Å². The van der Waals surface area contributed by atoms with Gasteiger partial charge in [0, 0.05) is 4.57 Å². The Morgan fingerprint density at radius 1 is 1.23 bits per heavy atom. The fourth-order valence-corrected chi connectivity index (χ4v) is 2.28. The van der Waals surface area contributed by atoms with Crippen molar-refractivity contribution < 1.29 is 13.7 Å². The highest BCUT2D eigenvalue weighted by molar-refractivity contribution is 7.33. The molecule has 0 amide bonds. The molecule has 0 fully saturated rings. The van der Waals surface area contributed by atoms with Crippen LogP contribution in [0.5, 0.6) is 0 Å². The van der Waals surface area contributed by atoms with Crippen LogP contribution in [-0.2, 0) is 8.78 Å². The Labute approximate surface area is 83.8 Å². The molecule has 0 saturated heterocycles. The SMILES string of the molecule is CCCCCCCC[Si]O[P+](=O)O. The minimum atomic E-state index is -2.37. The van der Waals surface area contributed by atoms with Gasteiger partial charge in [-0.15, -0.1) is 4.89 Å². The first-order valence-corrected chi connectivity index (χ1v) is 7.08. The molecule has 3 nitrogen and oxygen atoms in total. The van der Waals surface area contributed by atoms with E-state index in [4.69, 9.17) is 4.89 Å². The second kappa shape index (κ2) is 10.3. The molecule has 0 aliphatic heterocycles. The molecule has 1 N–H and O–H groups in total. The van der Waals surface area contributed by atoms with Crippen LogP contribution >= 0.6 is 8.25 Å². The second-order valence-electron chi connectivity index (χ2n) is 2.99. The lowest BCUT2D eigenvalue weighted by atomic mass is 10.1. The molecule has 0 bridgehead atoms. The van der Waals surface area contributed by atoms with Gasteiger partial charge in [0.05, 0.1) is 0 Å². The normalized spacial score (nSPS) is 11.7.